The fraction of sp³-hybridized carbons (Fsp3) is 0.765. The molecule has 7 heteroatoms. The van der Waals surface area contributed by atoms with Crippen LogP contribution in [0.25, 0.3) is 0 Å². The SMILES string of the molecule is Cl.O=C(N1CCC(n2cc(Br)cn2)CC1)[C@@]12CCCC[C@H]1CNC2. The third-order valence-electron chi connectivity index (χ3n) is 6.16. The number of carbonyl (C=O) groups is 1. The Morgan fingerprint density at radius 2 is 2.08 bits per heavy atom. The first-order valence-electron chi connectivity index (χ1n) is 8.89. The van der Waals surface area contributed by atoms with Gasteiger partial charge in [-0.25, -0.2) is 0 Å². The summed E-state index contributed by atoms with van der Waals surface area (Å²) >= 11 is 3.46. The molecule has 0 bridgehead atoms. The Morgan fingerprint density at radius 1 is 1.29 bits per heavy atom. The summed E-state index contributed by atoms with van der Waals surface area (Å²) in [5, 5.41) is 7.90. The largest absolute Gasteiger partial charge is 0.342 e. The van der Waals surface area contributed by atoms with E-state index in [4.69, 9.17) is 0 Å². The highest BCUT2D eigenvalue weighted by molar-refractivity contribution is 9.10. The van der Waals surface area contributed by atoms with Gasteiger partial charge in [-0.05, 0) is 54.1 Å². The van der Waals surface area contributed by atoms with Gasteiger partial charge >= 0.3 is 0 Å². The maximum atomic E-state index is 13.3. The van der Waals surface area contributed by atoms with Gasteiger partial charge in [0.25, 0.3) is 0 Å². The zero-order chi connectivity index (χ0) is 15.9. The molecule has 1 saturated carbocycles. The van der Waals surface area contributed by atoms with Crippen LogP contribution in [0.5, 0.6) is 0 Å². The van der Waals surface area contributed by atoms with Crippen LogP contribution in [0.15, 0.2) is 16.9 Å². The maximum Gasteiger partial charge on any atom is 0.230 e. The average Bonchev–Trinajstić information content (AvgIpc) is 3.21. The van der Waals surface area contributed by atoms with E-state index in [0.29, 0.717) is 17.9 Å². The minimum atomic E-state index is -0.0974. The van der Waals surface area contributed by atoms with Crippen LogP contribution in [0.4, 0.5) is 0 Å². The fourth-order valence-corrected chi connectivity index (χ4v) is 5.13. The molecule has 5 nitrogen and oxygen atoms in total. The van der Waals surface area contributed by atoms with Crippen LogP contribution in [-0.2, 0) is 4.79 Å². The number of hydrogen-bond donors (Lipinski definition) is 1. The fourth-order valence-electron chi connectivity index (χ4n) is 4.83. The van der Waals surface area contributed by atoms with Gasteiger partial charge in [-0.15, -0.1) is 12.4 Å². The van der Waals surface area contributed by atoms with Crippen molar-refractivity contribution in [2.75, 3.05) is 26.2 Å². The molecule has 1 amide bonds. The molecule has 2 atom stereocenters. The normalized spacial score (nSPS) is 30.7. The molecule has 3 fully saturated rings. The Hall–Kier alpha value is -0.590. The van der Waals surface area contributed by atoms with Gasteiger partial charge in [0.05, 0.1) is 22.1 Å². The van der Waals surface area contributed by atoms with Crippen LogP contribution in [0.1, 0.15) is 44.6 Å². The average molecular weight is 418 g/mol. The van der Waals surface area contributed by atoms with Crippen molar-refractivity contribution in [3.8, 4) is 0 Å². The molecule has 1 aromatic heterocycles. The van der Waals surface area contributed by atoms with Crippen LogP contribution in [0.3, 0.4) is 0 Å². The lowest BCUT2D eigenvalue weighted by Gasteiger charge is -2.43. The summed E-state index contributed by atoms with van der Waals surface area (Å²) in [6.07, 6.45) is 10.7. The van der Waals surface area contributed by atoms with Crippen LogP contribution in [0.2, 0.25) is 0 Å². The monoisotopic (exact) mass is 416 g/mol. The van der Waals surface area contributed by atoms with Gasteiger partial charge in [0, 0.05) is 25.8 Å². The van der Waals surface area contributed by atoms with Crippen molar-refractivity contribution in [1.29, 1.82) is 0 Å². The van der Waals surface area contributed by atoms with E-state index in [-0.39, 0.29) is 17.8 Å². The number of hydrogen-bond acceptors (Lipinski definition) is 3. The Bertz CT molecular complexity index is 587. The van der Waals surface area contributed by atoms with Crippen molar-refractivity contribution in [2.45, 2.75) is 44.6 Å². The predicted octanol–water partition coefficient (Wildman–Crippen LogP) is 3.01. The van der Waals surface area contributed by atoms with Crippen LogP contribution < -0.4 is 5.32 Å². The van der Waals surface area contributed by atoms with Gasteiger partial charge in [0.15, 0.2) is 0 Å². The van der Waals surface area contributed by atoms with Crippen molar-refractivity contribution in [2.24, 2.45) is 11.3 Å². The van der Waals surface area contributed by atoms with E-state index in [1.807, 2.05) is 17.1 Å². The number of halogens is 2. The lowest BCUT2D eigenvalue weighted by molar-refractivity contribution is -0.146. The number of aromatic nitrogens is 2. The van der Waals surface area contributed by atoms with Gasteiger partial charge in [0.1, 0.15) is 0 Å². The Labute approximate surface area is 158 Å². The van der Waals surface area contributed by atoms with E-state index in [2.05, 4.69) is 31.2 Å². The number of carbonyl (C=O) groups excluding carboxylic acids is 1. The van der Waals surface area contributed by atoms with E-state index in [9.17, 15) is 4.79 Å². The number of fused-ring (bicyclic) bond motifs is 1. The molecular weight excluding hydrogens is 392 g/mol. The topological polar surface area (TPSA) is 50.2 Å². The second kappa shape index (κ2) is 7.34. The third kappa shape index (κ3) is 3.13. The number of likely N-dealkylation sites (tertiary alicyclic amines) is 1. The molecule has 0 aromatic carbocycles. The number of piperidine rings is 1. The first-order valence-corrected chi connectivity index (χ1v) is 9.68. The molecule has 1 aromatic rings. The highest BCUT2D eigenvalue weighted by atomic mass is 79.9. The molecular formula is C17H26BrClN4O. The zero-order valence-corrected chi connectivity index (χ0v) is 16.3. The molecule has 4 rings (SSSR count). The lowest BCUT2D eigenvalue weighted by Crippen LogP contribution is -2.52. The number of nitrogens with one attached hydrogen (secondary N) is 1. The molecule has 2 saturated heterocycles. The first-order chi connectivity index (χ1) is 11.2. The molecule has 0 radical (unpaired) electrons. The van der Waals surface area contributed by atoms with E-state index in [1.165, 1.54) is 19.3 Å². The molecule has 3 heterocycles. The molecule has 1 aliphatic carbocycles. The quantitative estimate of drug-likeness (QED) is 0.805. The van der Waals surface area contributed by atoms with Gasteiger partial charge in [-0.1, -0.05) is 12.8 Å². The number of amides is 1. The summed E-state index contributed by atoms with van der Waals surface area (Å²) in [5.74, 6) is 0.982. The van der Waals surface area contributed by atoms with E-state index >= 15 is 0 Å². The van der Waals surface area contributed by atoms with Crippen molar-refractivity contribution < 1.29 is 4.79 Å². The Kier molecular flexibility index (Phi) is 5.57. The molecule has 134 valence electrons. The van der Waals surface area contributed by atoms with Gasteiger partial charge < -0.3 is 10.2 Å². The van der Waals surface area contributed by atoms with E-state index < -0.39 is 0 Å². The minimum Gasteiger partial charge on any atom is -0.342 e. The van der Waals surface area contributed by atoms with Gasteiger partial charge in [-0.2, -0.15) is 5.10 Å². The van der Waals surface area contributed by atoms with Crippen LogP contribution in [-0.4, -0.2) is 46.8 Å². The van der Waals surface area contributed by atoms with Gasteiger partial charge in [-0.3, -0.25) is 9.48 Å². The maximum absolute atomic E-state index is 13.3. The van der Waals surface area contributed by atoms with Crippen molar-refractivity contribution in [3.63, 3.8) is 0 Å². The highest BCUT2D eigenvalue weighted by Gasteiger charge is 2.51. The third-order valence-corrected chi connectivity index (χ3v) is 6.57. The lowest BCUT2D eigenvalue weighted by atomic mass is 9.67. The molecule has 3 aliphatic rings. The Morgan fingerprint density at radius 3 is 2.79 bits per heavy atom. The van der Waals surface area contributed by atoms with Gasteiger partial charge in [0.2, 0.25) is 5.91 Å². The summed E-state index contributed by atoms with van der Waals surface area (Å²) < 4.78 is 3.07. The summed E-state index contributed by atoms with van der Waals surface area (Å²) in [7, 11) is 0. The van der Waals surface area contributed by atoms with Crippen molar-refractivity contribution >= 4 is 34.2 Å². The van der Waals surface area contributed by atoms with E-state index in [0.717, 1.165) is 49.9 Å². The zero-order valence-electron chi connectivity index (χ0n) is 13.9. The standard InChI is InChI=1S/C17H25BrN4O.ClH/c18-14-10-20-22(11-14)15-4-7-21(8-5-15)16(23)17-6-2-1-3-13(17)9-19-12-17;/h10-11,13,15,19H,1-9,12H2;1H/t13-,17+;/m0./s1. The summed E-state index contributed by atoms with van der Waals surface area (Å²) in [4.78, 5) is 15.4. The van der Waals surface area contributed by atoms with E-state index in [1.54, 1.807) is 0 Å². The van der Waals surface area contributed by atoms with Crippen LogP contribution in [0, 0.1) is 11.3 Å². The van der Waals surface area contributed by atoms with Crippen molar-refractivity contribution in [3.05, 3.63) is 16.9 Å². The second-order valence-electron chi connectivity index (χ2n) is 7.39. The molecule has 1 N–H and O–H groups in total. The Balaban J connectivity index is 0.00000169. The molecule has 24 heavy (non-hydrogen) atoms. The predicted molar refractivity (Wildman–Crippen MR) is 99.3 cm³/mol. The second-order valence-corrected chi connectivity index (χ2v) is 8.31. The minimum absolute atomic E-state index is 0. The first kappa shape index (κ1) is 18.2. The molecule has 2 aliphatic heterocycles. The van der Waals surface area contributed by atoms with Crippen molar-refractivity contribution in [1.82, 2.24) is 20.0 Å². The highest BCUT2D eigenvalue weighted by Crippen LogP contribution is 2.45. The number of nitrogens with zero attached hydrogens (tertiary/aromatic N) is 3. The number of rotatable bonds is 2. The molecule has 0 spiro atoms. The van der Waals surface area contributed by atoms with Crippen LogP contribution >= 0.6 is 28.3 Å². The summed E-state index contributed by atoms with van der Waals surface area (Å²) in [6.45, 7) is 3.66. The summed E-state index contributed by atoms with van der Waals surface area (Å²) in [6, 6.07) is 0.423. The molecule has 0 unspecified atom stereocenters. The summed E-state index contributed by atoms with van der Waals surface area (Å²) in [5.41, 5.74) is -0.0974. The smallest absolute Gasteiger partial charge is 0.230 e.